The highest BCUT2D eigenvalue weighted by Gasteiger charge is 2.35. The van der Waals surface area contributed by atoms with Gasteiger partial charge in [0.05, 0.1) is 28.7 Å². The van der Waals surface area contributed by atoms with E-state index in [0.29, 0.717) is 34.8 Å². The first kappa shape index (κ1) is 25.9. The maximum Gasteiger partial charge on any atom is 0.509 e. The van der Waals surface area contributed by atoms with E-state index in [0.717, 1.165) is 40.9 Å². The van der Waals surface area contributed by atoms with E-state index in [9.17, 15) is 14.4 Å². The molecule has 1 amide bonds. The second kappa shape index (κ2) is 10.4. The number of rotatable bonds is 8. The number of hydrogen-bond acceptors (Lipinski definition) is 8. The van der Waals surface area contributed by atoms with Crippen molar-refractivity contribution < 1.29 is 28.6 Å². The highest BCUT2D eigenvalue weighted by atomic mass is 16.8. The lowest BCUT2D eigenvalue weighted by Crippen LogP contribution is -2.26. The largest absolute Gasteiger partial charge is 0.509 e. The van der Waals surface area contributed by atoms with Crippen molar-refractivity contribution in [2.24, 2.45) is 5.10 Å². The van der Waals surface area contributed by atoms with Crippen molar-refractivity contribution in [3.05, 3.63) is 89.2 Å². The highest BCUT2D eigenvalue weighted by Crippen LogP contribution is 2.41. The minimum absolute atomic E-state index is 0.106. The van der Waals surface area contributed by atoms with Crippen molar-refractivity contribution in [2.75, 3.05) is 6.61 Å². The predicted molar refractivity (Wildman–Crippen MR) is 153 cm³/mol. The van der Waals surface area contributed by atoms with Gasteiger partial charge >= 0.3 is 12.1 Å². The smallest absolute Gasteiger partial charge is 0.458 e. The number of amides is 1. The molecule has 3 heterocycles. The number of benzene rings is 3. The van der Waals surface area contributed by atoms with Crippen LogP contribution in [0.5, 0.6) is 0 Å². The molecule has 0 radical (unpaired) electrons. The number of ether oxygens (including phenoxy) is 3. The van der Waals surface area contributed by atoms with Crippen LogP contribution < -0.4 is 5.43 Å². The summed E-state index contributed by atoms with van der Waals surface area (Å²) in [5.41, 5.74) is 8.95. The molecule has 2 unspecified atom stereocenters. The van der Waals surface area contributed by atoms with Gasteiger partial charge in [-0.1, -0.05) is 48.5 Å². The molecule has 0 spiro atoms. The summed E-state index contributed by atoms with van der Waals surface area (Å²) in [4.78, 5) is 41.8. The zero-order valence-corrected chi connectivity index (χ0v) is 22.9. The first-order chi connectivity index (χ1) is 20.4. The quantitative estimate of drug-likeness (QED) is 0.301. The molecule has 7 rings (SSSR count). The van der Waals surface area contributed by atoms with E-state index >= 15 is 0 Å². The molecule has 4 aromatic rings. The van der Waals surface area contributed by atoms with Gasteiger partial charge in [0, 0.05) is 18.0 Å². The SMILES string of the molecule is CC1OC(=O)OC1COC(=O)c1cccc2nc(C3CC3)n(Cc3ccc(-c4ccccc4)c(C4=NNC(=O)C4)c3)c12. The number of nitrogens with one attached hydrogen (secondary N) is 1. The van der Waals surface area contributed by atoms with Gasteiger partial charge in [-0.25, -0.2) is 20.0 Å². The Hall–Kier alpha value is -4.99. The fraction of sp³-hybridized carbons (Fsp3) is 0.281. The van der Waals surface area contributed by atoms with Gasteiger partial charge in [0.25, 0.3) is 0 Å². The van der Waals surface area contributed by atoms with E-state index in [1.54, 1.807) is 19.1 Å². The van der Waals surface area contributed by atoms with E-state index in [4.69, 9.17) is 19.2 Å². The molecule has 1 aromatic heterocycles. The monoisotopic (exact) mass is 564 g/mol. The van der Waals surface area contributed by atoms with Crippen molar-refractivity contribution in [3.63, 3.8) is 0 Å². The van der Waals surface area contributed by atoms with Gasteiger partial charge < -0.3 is 18.8 Å². The Morgan fingerprint density at radius 3 is 2.57 bits per heavy atom. The number of esters is 1. The minimum Gasteiger partial charge on any atom is -0.458 e. The lowest BCUT2D eigenvalue weighted by molar-refractivity contribution is -0.119. The molecule has 2 atom stereocenters. The Kier molecular flexibility index (Phi) is 6.45. The van der Waals surface area contributed by atoms with Crippen LogP contribution in [0.15, 0.2) is 71.8 Å². The van der Waals surface area contributed by atoms with Crippen molar-refractivity contribution >= 4 is 34.8 Å². The number of aromatic nitrogens is 2. The first-order valence-electron chi connectivity index (χ1n) is 14.0. The van der Waals surface area contributed by atoms with Gasteiger partial charge in [-0.05, 0) is 54.7 Å². The molecule has 42 heavy (non-hydrogen) atoms. The summed E-state index contributed by atoms with van der Waals surface area (Å²) in [5, 5.41) is 4.31. The summed E-state index contributed by atoms with van der Waals surface area (Å²) in [7, 11) is 0. The number of imidazole rings is 1. The van der Waals surface area contributed by atoms with Crippen LogP contribution in [0.1, 0.15) is 59.4 Å². The van der Waals surface area contributed by atoms with E-state index in [1.807, 2.05) is 36.4 Å². The van der Waals surface area contributed by atoms with Crippen LogP contribution in [-0.2, 0) is 25.5 Å². The summed E-state index contributed by atoms with van der Waals surface area (Å²) in [6.45, 7) is 2.06. The van der Waals surface area contributed by atoms with Crippen molar-refractivity contribution in [2.45, 2.75) is 50.9 Å². The molecular formula is C32H28N4O6. The summed E-state index contributed by atoms with van der Waals surface area (Å²) in [6.07, 6.45) is 0.359. The molecule has 3 aliphatic rings. The van der Waals surface area contributed by atoms with Gasteiger partial charge in [-0.2, -0.15) is 5.10 Å². The van der Waals surface area contributed by atoms with Crippen LogP contribution in [0.3, 0.4) is 0 Å². The van der Waals surface area contributed by atoms with Crippen LogP contribution in [0.25, 0.3) is 22.2 Å². The average Bonchev–Trinajstić information content (AvgIpc) is 3.52. The van der Waals surface area contributed by atoms with E-state index in [1.165, 1.54) is 0 Å². The average molecular weight is 565 g/mol. The number of para-hydroxylation sites is 1. The Morgan fingerprint density at radius 1 is 1.02 bits per heavy atom. The third-order valence-corrected chi connectivity index (χ3v) is 7.85. The summed E-state index contributed by atoms with van der Waals surface area (Å²) < 4.78 is 17.8. The predicted octanol–water partition coefficient (Wildman–Crippen LogP) is 4.93. The van der Waals surface area contributed by atoms with Gasteiger partial charge in [0.2, 0.25) is 5.91 Å². The fourth-order valence-electron chi connectivity index (χ4n) is 5.56. The van der Waals surface area contributed by atoms with Gasteiger partial charge in [0.15, 0.2) is 6.10 Å². The zero-order chi connectivity index (χ0) is 28.8. The third-order valence-electron chi connectivity index (χ3n) is 7.85. The van der Waals surface area contributed by atoms with Crippen LogP contribution in [0.4, 0.5) is 4.79 Å². The molecule has 2 aliphatic heterocycles. The second-order valence-corrected chi connectivity index (χ2v) is 10.8. The van der Waals surface area contributed by atoms with Crippen LogP contribution in [0, 0.1) is 0 Å². The van der Waals surface area contributed by atoms with E-state index in [2.05, 4.69) is 33.3 Å². The number of carbonyl (C=O) groups is 3. The molecule has 1 aliphatic carbocycles. The van der Waals surface area contributed by atoms with E-state index in [-0.39, 0.29) is 18.9 Å². The Bertz CT molecular complexity index is 1760. The first-order valence-corrected chi connectivity index (χ1v) is 14.0. The van der Waals surface area contributed by atoms with Crippen molar-refractivity contribution in [1.82, 2.24) is 15.0 Å². The third kappa shape index (κ3) is 4.89. The Morgan fingerprint density at radius 2 is 1.86 bits per heavy atom. The Balaban J connectivity index is 1.26. The molecule has 3 aromatic carbocycles. The van der Waals surface area contributed by atoms with Gasteiger partial charge in [-0.3, -0.25) is 4.79 Å². The van der Waals surface area contributed by atoms with Crippen molar-refractivity contribution in [1.29, 1.82) is 0 Å². The maximum atomic E-state index is 13.4. The fourth-order valence-corrected chi connectivity index (χ4v) is 5.56. The normalized spacial score (nSPS) is 19.8. The molecule has 10 heteroatoms. The van der Waals surface area contributed by atoms with Crippen LogP contribution >= 0.6 is 0 Å². The van der Waals surface area contributed by atoms with Crippen LogP contribution in [-0.4, -0.2) is 52.1 Å². The number of nitrogens with zero attached hydrogens (tertiary/aromatic N) is 3. The summed E-state index contributed by atoms with van der Waals surface area (Å²) in [5.74, 6) is 0.591. The number of carbonyl (C=O) groups excluding carboxylic acids is 3. The molecule has 0 bridgehead atoms. The number of hydrogen-bond donors (Lipinski definition) is 1. The molecule has 1 N–H and O–H groups in total. The summed E-state index contributed by atoms with van der Waals surface area (Å²) in [6, 6.07) is 21.6. The minimum atomic E-state index is -0.765. The highest BCUT2D eigenvalue weighted by molar-refractivity contribution is 6.16. The van der Waals surface area contributed by atoms with Gasteiger partial charge in [0.1, 0.15) is 18.5 Å². The number of cyclic esters (lactones) is 2. The summed E-state index contributed by atoms with van der Waals surface area (Å²) >= 11 is 0. The molecular weight excluding hydrogens is 536 g/mol. The zero-order valence-electron chi connectivity index (χ0n) is 22.9. The van der Waals surface area contributed by atoms with Crippen molar-refractivity contribution in [3.8, 4) is 11.1 Å². The molecule has 1 saturated carbocycles. The Labute approximate surface area is 241 Å². The second-order valence-electron chi connectivity index (χ2n) is 10.8. The lowest BCUT2D eigenvalue weighted by atomic mass is 9.93. The maximum absolute atomic E-state index is 13.4. The topological polar surface area (TPSA) is 121 Å². The van der Waals surface area contributed by atoms with E-state index < -0.39 is 24.3 Å². The molecule has 10 nitrogen and oxygen atoms in total. The lowest BCUT2D eigenvalue weighted by Gasteiger charge is -2.15. The van der Waals surface area contributed by atoms with Crippen LogP contribution in [0.2, 0.25) is 0 Å². The molecule has 1 saturated heterocycles. The molecule has 2 fully saturated rings. The number of fused-ring (bicyclic) bond motifs is 1. The standard InChI is InChI=1S/C32H28N4O6/c1-18-27(42-32(39)41-18)17-40-31(38)23-8-5-9-25-29(23)36(30(33-25)21-11-12-21)16-19-10-13-22(20-6-3-2-4-7-20)24(14-19)26-15-28(37)35-34-26/h2-10,13-14,18,21,27H,11-12,15-17H2,1H3,(H,35,37). The number of hydrazone groups is 1. The van der Waals surface area contributed by atoms with Gasteiger partial charge in [-0.15, -0.1) is 0 Å². The molecule has 212 valence electrons.